The molecule has 5 heteroatoms. The Morgan fingerprint density at radius 3 is 2.91 bits per heavy atom. The Bertz CT molecular complexity index is 754. The van der Waals surface area contributed by atoms with Gasteiger partial charge in [0, 0.05) is 62.7 Å². The van der Waals surface area contributed by atoms with Gasteiger partial charge in [-0.25, -0.2) is 9.97 Å². The summed E-state index contributed by atoms with van der Waals surface area (Å²) in [7, 11) is 1.95. The molecule has 0 N–H and O–H groups in total. The van der Waals surface area contributed by atoms with Gasteiger partial charge in [0.1, 0.15) is 17.6 Å². The molecule has 0 fully saturated rings. The minimum Gasteiger partial charge on any atom is -0.340 e. The predicted octanol–water partition coefficient (Wildman–Crippen LogP) is 2.51. The molecule has 1 aliphatic rings. The molecule has 0 unspecified atom stereocenters. The molecule has 0 bridgehead atoms. The predicted molar refractivity (Wildman–Crippen MR) is 88.7 cm³/mol. The number of hydrogen-bond acceptors (Lipinski definition) is 4. The molecule has 1 aliphatic heterocycles. The monoisotopic (exact) mass is 309 g/mol. The summed E-state index contributed by atoms with van der Waals surface area (Å²) >= 11 is 0. The molecule has 0 spiro atoms. The summed E-state index contributed by atoms with van der Waals surface area (Å²) in [6.45, 7) is 7.00. The summed E-state index contributed by atoms with van der Waals surface area (Å²) < 4.78 is 1.97. The fraction of sp³-hybridized carbons (Fsp3) is 0.500. The van der Waals surface area contributed by atoms with Crippen molar-refractivity contribution in [1.82, 2.24) is 19.4 Å². The summed E-state index contributed by atoms with van der Waals surface area (Å²) in [5, 5.41) is 9.16. The SMILES string of the molecule is CCCc1ncc2c(n1)CCN(Cc1cc(C#N)n(C)c1C)C2. The fourth-order valence-corrected chi connectivity index (χ4v) is 3.17. The van der Waals surface area contributed by atoms with E-state index < -0.39 is 0 Å². The van der Waals surface area contributed by atoms with Crippen molar-refractivity contribution in [2.75, 3.05) is 6.54 Å². The highest BCUT2D eigenvalue weighted by Gasteiger charge is 2.20. The van der Waals surface area contributed by atoms with Gasteiger partial charge in [0.15, 0.2) is 0 Å². The third-order valence-electron chi connectivity index (χ3n) is 4.69. The van der Waals surface area contributed by atoms with E-state index >= 15 is 0 Å². The molecule has 5 nitrogen and oxygen atoms in total. The van der Waals surface area contributed by atoms with E-state index in [1.807, 2.05) is 23.9 Å². The summed E-state index contributed by atoms with van der Waals surface area (Å²) in [6, 6.07) is 4.26. The maximum Gasteiger partial charge on any atom is 0.128 e. The third kappa shape index (κ3) is 3.13. The summed E-state index contributed by atoms with van der Waals surface area (Å²) in [5.41, 5.74) is 5.58. The molecule has 3 heterocycles. The van der Waals surface area contributed by atoms with Crippen LogP contribution in [0.1, 0.15) is 47.4 Å². The topological polar surface area (TPSA) is 57.7 Å². The van der Waals surface area contributed by atoms with Crippen LogP contribution in [0, 0.1) is 18.3 Å². The lowest BCUT2D eigenvalue weighted by atomic mass is 10.1. The molecule has 0 aliphatic carbocycles. The Morgan fingerprint density at radius 2 is 2.22 bits per heavy atom. The average Bonchev–Trinajstić information content (AvgIpc) is 2.83. The van der Waals surface area contributed by atoms with E-state index in [0.717, 1.165) is 50.4 Å². The van der Waals surface area contributed by atoms with Crippen molar-refractivity contribution < 1.29 is 0 Å². The van der Waals surface area contributed by atoms with Gasteiger partial charge in [-0.1, -0.05) is 6.92 Å². The molecule has 2 aromatic heterocycles. The molecule has 23 heavy (non-hydrogen) atoms. The molecule has 2 aromatic rings. The van der Waals surface area contributed by atoms with Crippen LogP contribution in [-0.4, -0.2) is 26.0 Å². The first-order valence-electron chi connectivity index (χ1n) is 8.23. The lowest BCUT2D eigenvalue weighted by Gasteiger charge is -2.28. The van der Waals surface area contributed by atoms with Crippen LogP contribution in [-0.2, 0) is 33.0 Å². The first-order chi connectivity index (χ1) is 11.1. The van der Waals surface area contributed by atoms with Crippen molar-refractivity contribution in [2.45, 2.75) is 46.2 Å². The quantitative estimate of drug-likeness (QED) is 0.871. The Labute approximate surface area is 137 Å². The Kier molecular flexibility index (Phi) is 4.44. The van der Waals surface area contributed by atoms with Crippen LogP contribution in [0.3, 0.4) is 0 Å². The Hall–Kier alpha value is -2.19. The number of nitrogens with zero attached hydrogens (tertiary/aromatic N) is 5. The standard InChI is InChI=1S/C18H23N5/c1-4-5-18-20-10-15-12-23(7-6-17(15)21-18)11-14-8-16(9-19)22(3)13(14)2/h8,10H,4-7,11-12H2,1-3H3. The highest BCUT2D eigenvalue weighted by Crippen LogP contribution is 2.21. The Morgan fingerprint density at radius 1 is 1.39 bits per heavy atom. The first kappa shape index (κ1) is 15.7. The molecule has 3 rings (SSSR count). The van der Waals surface area contributed by atoms with E-state index in [1.54, 1.807) is 0 Å². The van der Waals surface area contributed by atoms with Gasteiger partial charge in [-0.2, -0.15) is 5.26 Å². The van der Waals surface area contributed by atoms with Crippen LogP contribution in [0.15, 0.2) is 12.3 Å². The lowest BCUT2D eigenvalue weighted by Crippen LogP contribution is -2.31. The van der Waals surface area contributed by atoms with Crippen LogP contribution in [0.25, 0.3) is 0 Å². The zero-order valence-corrected chi connectivity index (χ0v) is 14.1. The van der Waals surface area contributed by atoms with Gasteiger partial charge in [-0.05, 0) is 25.0 Å². The largest absolute Gasteiger partial charge is 0.340 e. The van der Waals surface area contributed by atoms with Crippen molar-refractivity contribution in [1.29, 1.82) is 5.26 Å². The van der Waals surface area contributed by atoms with Crippen LogP contribution in [0.5, 0.6) is 0 Å². The minimum atomic E-state index is 0.724. The number of hydrogen-bond donors (Lipinski definition) is 0. The van der Waals surface area contributed by atoms with Gasteiger partial charge in [0.25, 0.3) is 0 Å². The molecule has 0 atom stereocenters. The second-order valence-electron chi connectivity index (χ2n) is 6.28. The molecule has 0 aromatic carbocycles. The Balaban J connectivity index is 1.74. The van der Waals surface area contributed by atoms with E-state index in [2.05, 4.69) is 29.8 Å². The number of nitriles is 1. The van der Waals surface area contributed by atoms with Crippen LogP contribution >= 0.6 is 0 Å². The number of aromatic nitrogens is 3. The van der Waals surface area contributed by atoms with Crippen molar-refractivity contribution in [3.63, 3.8) is 0 Å². The van der Waals surface area contributed by atoms with Crippen LogP contribution in [0.2, 0.25) is 0 Å². The number of rotatable bonds is 4. The van der Waals surface area contributed by atoms with E-state index in [9.17, 15) is 0 Å². The van der Waals surface area contributed by atoms with Gasteiger partial charge in [-0.3, -0.25) is 4.90 Å². The van der Waals surface area contributed by atoms with E-state index in [0.29, 0.717) is 0 Å². The molecule has 0 saturated heterocycles. The smallest absolute Gasteiger partial charge is 0.128 e. The second-order valence-corrected chi connectivity index (χ2v) is 6.28. The van der Waals surface area contributed by atoms with E-state index in [1.165, 1.54) is 22.5 Å². The van der Waals surface area contributed by atoms with Crippen molar-refractivity contribution in [2.24, 2.45) is 7.05 Å². The molecular weight excluding hydrogens is 286 g/mol. The third-order valence-corrected chi connectivity index (χ3v) is 4.69. The molecule has 120 valence electrons. The zero-order chi connectivity index (χ0) is 16.4. The zero-order valence-electron chi connectivity index (χ0n) is 14.1. The van der Waals surface area contributed by atoms with E-state index in [-0.39, 0.29) is 0 Å². The van der Waals surface area contributed by atoms with Crippen LogP contribution < -0.4 is 0 Å². The average molecular weight is 309 g/mol. The van der Waals surface area contributed by atoms with Gasteiger partial charge >= 0.3 is 0 Å². The molecule has 0 saturated carbocycles. The van der Waals surface area contributed by atoms with Crippen molar-refractivity contribution >= 4 is 0 Å². The molecular formula is C18H23N5. The maximum absolute atomic E-state index is 9.16. The highest BCUT2D eigenvalue weighted by molar-refractivity contribution is 5.34. The summed E-state index contributed by atoms with van der Waals surface area (Å²) in [6.07, 6.45) is 5.01. The van der Waals surface area contributed by atoms with Crippen LogP contribution in [0.4, 0.5) is 0 Å². The van der Waals surface area contributed by atoms with Gasteiger partial charge < -0.3 is 4.57 Å². The maximum atomic E-state index is 9.16. The summed E-state index contributed by atoms with van der Waals surface area (Å²) in [4.78, 5) is 11.6. The number of aryl methyl sites for hydroxylation is 1. The number of fused-ring (bicyclic) bond motifs is 1. The lowest BCUT2D eigenvalue weighted by molar-refractivity contribution is 0.242. The van der Waals surface area contributed by atoms with Crippen molar-refractivity contribution in [3.8, 4) is 6.07 Å². The van der Waals surface area contributed by atoms with Gasteiger partial charge in [0.05, 0.1) is 0 Å². The first-order valence-corrected chi connectivity index (χ1v) is 8.23. The second kappa shape index (κ2) is 6.51. The normalized spacial score (nSPS) is 14.5. The highest BCUT2D eigenvalue weighted by atomic mass is 15.1. The fourth-order valence-electron chi connectivity index (χ4n) is 3.17. The van der Waals surface area contributed by atoms with Gasteiger partial charge in [0.2, 0.25) is 0 Å². The molecule has 0 radical (unpaired) electrons. The van der Waals surface area contributed by atoms with Gasteiger partial charge in [-0.15, -0.1) is 0 Å². The summed E-state index contributed by atoms with van der Waals surface area (Å²) in [5.74, 6) is 0.970. The van der Waals surface area contributed by atoms with E-state index in [4.69, 9.17) is 10.2 Å². The molecule has 0 amide bonds. The van der Waals surface area contributed by atoms with Crippen molar-refractivity contribution in [3.05, 3.63) is 46.3 Å². The minimum absolute atomic E-state index is 0.724.